The Morgan fingerprint density at radius 1 is 1.25 bits per heavy atom. The molecule has 0 amide bonds. The Labute approximate surface area is 95.5 Å². The van der Waals surface area contributed by atoms with Crippen molar-refractivity contribution < 1.29 is 17.9 Å². The standard InChI is InChI=1S/C11H22F3NO/c1-4-15-10(9(2)3)8-16-7-5-6-11(12,13)14/h9-10,15H,4-8H2,1-3H3. The Balaban J connectivity index is 3.55. The van der Waals surface area contributed by atoms with E-state index in [-0.39, 0.29) is 19.1 Å². The van der Waals surface area contributed by atoms with E-state index in [4.69, 9.17) is 4.74 Å². The van der Waals surface area contributed by atoms with Crippen LogP contribution in [-0.4, -0.2) is 32.0 Å². The van der Waals surface area contributed by atoms with Crippen molar-refractivity contribution in [1.82, 2.24) is 5.32 Å². The van der Waals surface area contributed by atoms with Gasteiger partial charge in [-0.1, -0.05) is 20.8 Å². The van der Waals surface area contributed by atoms with Crippen molar-refractivity contribution in [1.29, 1.82) is 0 Å². The zero-order chi connectivity index (χ0) is 12.6. The molecule has 0 aliphatic carbocycles. The van der Waals surface area contributed by atoms with Gasteiger partial charge in [-0.3, -0.25) is 0 Å². The molecule has 0 rings (SSSR count). The van der Waals surface area contributed by atoms with E-state index in [9.17, 15) is 13.2 Å². The lowest BCUT2D eigenvalue weighted by Gasteiger charge is -2.21. The zero-order valence-electron chi connectivity index (χ0n) is 10.2. The lowest BCUT2D eigenvalue weighted by molar-refractivity contribution is -0.138. The van der Waals surface area contributed by atoms with Crippen molar-refractivity contribution in [2.24, 2.45) is 5.92 Å². The molecular weight excluding hydrogens is 219 g/mol. The quantitative estimate of drug-likeness (QED) is 0.660. The average molecular weight is 241 g/mol. The molecule has 0 aliphatic rings. The third-order valence-corrected chi connectivity index (χ3v) is 2.32. The third-order valence-electron chi connectivity index (χ3n) is 2.32. The maximum Gasteiger partial charge on any atom is 0.389 e. The molecule has 5 heteroatoms. The fourth-order valence-electron chi connectivity index (χ4n) is 1.33. The molecule has 0 heterocycles. The summed E-state index contributed by atoms with van der Waals surface area (Å²) in [6, 6.07) is 0.218. The third kappa shape index (κ3) is 8.97. The van der Waals surface area contributed by atoms with Crippen LogP contribution in [0.2, 0.25) is 0 Å². The minimum atomic E-state index is -4.07. The lowest BCUT2D eigenvalue weighted by Crippen LogP contribution is -2.37. The van der Waals surface area contributed by atoms with Crippen LogP contribution in [0, 0.1) is 5.92 Å². The molecule has 0 radical (unpaired) electrons. The zero-order valence-corrected chi connectivity index (χ0v) is 10.2. The lowest BCUT2D eigenvalue weighted by atomic mass is 10.1. The van der Waals surface area contributed by atoms with E-state index in [1.165, 1.54) is 0 Å². The second kappa shape index (κ2) is 7.90. The van der Waals surface area contributed by atoms with Gasteiger partial charge in [-0.2, -0.15) is 13.2 Å². The van der Waals surface area contributed by atoms with E-state index in [1.54, 1.807) is 0 Å². The van der Waals surface area contributed by atoms with Crippen LogP contribution < -0.4 is 5.32 Å². The molecule has 0 saturated carbocycles. The molecule has 2 nitrogen and oxygen atoms in total. The van der Waals surface area contributed by atoms with Gasteiger partial charge < -0.3 is 10.1 Å². The van der Waals surface area contributed by atoms with Crippen LogP contribution in [0.3, 0.4) is 0 Å². The number of ether oxygens (including phenoxy) is 1. The van der Waals surface area contributed by atoms with Crippen molar-refractivity contribution in [2.75, 3.05) is 19.8 Å². The summed E-state index contributed by atoms with van der Waals surface area (Å²) in [4.78, 5) is 0. The highest BCUT2D eigenvalue weighted by Gasteiger charge is 2.26. The Morgan fingerprint density at radius 3 is 2.31 bits per heavy atom. The van der Waals surface area contributed by atoms with Gasteiger partial charge in [-0.05, 0) is 18.9 Å². The van der Waals surface area contributed by atoms with Gasteiger partial charge in [0.2, 0.25) is 0 Å². The van der Waals surface area contributed by atoms with Crippen LogP contribution in [0.25, 0.3) is 0 Å². The van der Waals surface area contributed by atoms with E-state index in [1.807, 2.05) is 6.92 Å². The molecule has 0 bridgehead atoms. The molecular formula is C11H22F3NO. The SMILES string of the molecule is CCNC(COCCCC(F)(F)F)C(C)C. The van der Waals surface area contributed by atoms with Gasteiger partial charge >= 0.3 is 6.18 Å². The maximum atomic E-state index is 11.8. The van der Waals surface area contributed by atoms with Gasteiger partial charge in [-0.25, -0.2) is 0 Å². The van der Waals surface area contributed by atoms with Crippen LogP contribution in [0.1, 0.15) is 33.6 Å². The van der Waals surface area contributed by atoms with Gasteiger partial charge in [0.25, 0.3) is 0 Å². The molecule has 16 heavy (non-hydrogen) atoms. The Bertz CT molecular complexity index is 171. The summed E-state index contributed by atoms with van der Waals surface area (Å²) >= 11 is 0. The summed E-state index contributed by atoms with van der Waals surface area (Å²) < 4.78 is 40.7. The van der Waals surface area contributed by atoms with E-state index in [0.717, 1.165) is 6.54 Å². The fourth-order valence-corrected chi connectivity index (χ4v) is 1.33. The number of likely N-dealkylation sites (N-methyl/N-ethyl adjacent to an activating group) is 1. The normalized spacial score (nSPS) is 14.4. The molecule has 1 atom stereocenters. The van der Waals surface area contributed by atoms with Crippen LogP contribution in [0.15, 0.2) is 0 Å². The summed E-state index contributed by atoms with van der Waals surface area (Å²) in [5, 5.41) is 3.24. The molecule has 1 N–H and O–H groups in total. The summed E-state index contributed by atoms with van der Waals surface area (Å²) in [5.41, 5.74) is 0. The topological polar surface area (TPSA) is 21.3 Å². The van der Waals surface area contributed by atoms with Gasteiger partial charge in [0, 0.05) is 19.1 Å². The van der Waals surface area contributed by atoms with E-state index in [0.29, 0.717) is 12.5 Å². The van der Waals surface area contributed by atoms with Crippen LogP contribution in [0.5, 0.6) is 0 Å². The summed E-state index contributed by atoms with van der Waals surface area (Å²) in [7, 11) is 0. The molecule has 98 valence electrons. The summed E-state index contributed by atoms with van der Waals surface area (Å²) in [6.07, 6.45) is -4.79. The predicted octanol–water partition coefficient (Wildman–Crippen LogP) is 2.98. The minimum Gasteiger partial charge on any atom is -0.380 e. The number of nitrogens with one attached hydrogen (secondary N) is 1. The molecule has 0 aromatic heterocycles. The molecule has 0 saturated heterocycles. The van der Waals surface area contributed by atoms with Crippen molar-refractivity contribution in [2.45, 2.75) is 45.8 Å². The van der Waals surface area contributed by atoms with Crippen molar-refractivity contribution in [3.63, 3.8) is 0 Å². The van der Waals surface area contributed by atoms with Crippen LogP contribution >= 0.6 is 0 Å². The average Bonchev–Trinajstić information content (AvgIpc) is 2.13. The number of hydrogen-bond acceptors (Lipinski definition) is 2. The molecule has 0 aliphatic heterocycles. The van der Waals surface area contributed by atoms with Gasteiger partial charge in [0.15, 0.2) is 0 Å². The van der Waals surface area contributed by atoms with Crippen LogP contribution in [0.4, 0.5) is 13.2 Å². The van der Waals surface area contributed by atoms with Crippen molar-refractivity contribution >= 4 is 0 Å². The summed E-state index contributed by atoms with van der Waals surface area (Å²) in [6.45, 7) is 7.62. The molecule has 0 aromatic carbocycles. The Hall–Kier alpha value is -0.290. The molecule has 0 fully saturated rings. The highest BCUT2D eigenvalue weighted by molar-refractivity contribution is 4.68. The first-order chi connectivity index (χ1) is 7.37. The number of alkyl halides is 3. The number of rotatable bonds is 8. The minimum absolute atomic E-state index is 0.0421. The van der Waals surface area contributed by atoms with Gasteiger partial charge in [0.05, 0.1) is 6.61 Å². The Morgan fingerprint density at radius 2 is 1.88 bits per heavy atom. The monoisotopic (exact) mass is 241 g/mol. The first-order valence-electron chi connectivity index (χ1n) is 5.74. The highest BCUT2D eigenvalue weighted by Crippen LogP contribution is 2.21. The number of hydrogen-bond donors (Lipinski definition) is 1. The molecule has 0 aromatic rings. The maximum absolute atomic E-state index is 11.8. The smallest absolute Gasteiger partial charge is 0.380 e. The largest absolute Gasteiger partial charge is 0.389 e. The molecule has 0 spiro atoms. The fraction of sp³-hybridized carbons (Fsp3) is 1.00. The first kappa shape index (κ1) is 15.7. The predicted molar refractivity (Wildman–Crippen MR) is 58.4 cm³/mol. The number of halogens is 3. The Kier molecular flexibility index (Phi) is 7.76. The summed E-state index contributed by atoms with van der Waals surface area (Å²) in [5.74, 6) is 0.419. The van der Waals surface area contributed by atoms with E-state index >= 15 is 0 Å². The first-order valence-corrected chi connectivity index (χ1v) is 5.74. The van der Waals surface area contributed by atoms with E-state index in [2.05, 4.69) is 19.2 Å². The van der Waals surface area contributed by atoms with Crippen molar-refractivity contribution in [3.05, 3.63) is 0 Å². The van der Waals surface area contributed by atoms with E-state index < -0.39 is 12.6 Å². The van der Waals surface area contributed by atoms with Crippen molar-refractivity contribution in [3.8, 4) is 0 Å². The molecule has 1 unspecified atom stereocenters. The van der Waals surface area contributed by atoms with Gasteiger partial charge in [-0.15, -0.1) is 0 Å². The second-order valence-electron chi connectivity index (χ2n) is 4.20. The second-order valence-corrected chi connectivity index (χ2v) is 4.20. The van der Waals surface area contributed by atoms with Crippen LogP contribution in [-0.2, 0) is 4.74 Å². The van der Waals surface area contributed by atoms with Gasteiger partial charge in [0.1, 0.15) is 0 Å². The highest BCUT2D eigenvalue weighted by atomic mass is 19.4.